The zero-order valence-corrected chi connectivity index (χ0v) is 29.0. The average molecular weight is 695 g/mol. The lowest BCUT2D eigenvalue weighted by Gasteiger charge is -2.41. The zero-order valence-electron chi connectivity index (χ0n) is 29.0. The number of hydrogen-bond donors (Lipinski definition) is 0. The maximum Gasteiger partial charge on any atom is 0.151 e. The Morgan fingerprint density at radius 3 is 1.39 bits per heavy atom. The lowest BCUT2D eigenvalue weighted by atomic mass is 9.66. The predicted molar refractivity (Wildman–Crippen MR) is 212 cm³/mol. The van der Waals surface area contributed by atoms with E-state index in [1.165, 1.54) is 22.5 Å². The van der Waals surface area contributed by atoms with E-state index < -0.39 is 5.41 Å². The van der Waals surface area contributed by atoms with Crippen molar-refractivity contribution in [2.45, 2.75) is 11.8 Å². The summed E-state index contributed by atoms with van der Waals surface area (Å²) in [6.45, 7) is 0. The van der Waals surface area contributed by atoms with E-state index in [-0.39, 0.29) is 0 Å². The van der Waals surface area contributed by atoms with Crippen molar-refractivity contribution >= 4 is 34.1 Å². The number of anilines is 6. The van der Waals surface area contributed by atoms with Gasteiger partial charge in [0.1, 0.15) is 11.5 Å². The van der Waals surface area contributed by atoms with Gasteiger partial charge in [-0.15, -0.1) is 0 Å². The number of rotatable bonds is 2. The van der Waals surface area contributed by atoms with E-state index >= 15 is 0 Å². The predicted octanol–water partition coefficient (Wildman–Crippen LogP) is 11.9. The van der Waals surface area contributed by atoms with Gasteiger partial charge in [0.25, 0.3) is 0 Å². The Balaban J connectivity index is 1.14. The molecule has 0 atom stereocenters. The fourth-order valence-electron chi connectivity index (χ4n) is 9.21. The second-order valence-corrected chi connectivity index (χ2v) is 14.2. The van der Waals surface area contributed by atoms with Crippen LogP contribution >= 0.6 is 0 Å². The molecule has 54 heavy (non-hydrogen) atoms. The number of para-hydroxylation sites is 6. The minimum Gasteiger partial charge on any atom is -0.457 e. The highest BCUT2D eigenvalue weighted by Gasteiger charge is 2.53. The molecule has 0 saturated heterocycles. The molecule has 6 heteroatoms. The Labute approximate surface area is 312 Å². The first-order valence-electron chi connectivity index (χ1n) is 18.3. The van der Waals surface area contributed by atoms with Crippen LogP contribution in [0.5, 0.6) is 23.0 Å². The van der Waals surface area contributed by atoms with Crippen LogP contribution in [0.2, 0.25) is 0 Å². The molecule has 1 aliphatic carbocycles. The van der Waals surface area contributed by atoms with E-state index in [9.17, 15) is 0 Å². The molecule has 8 aromatic rings. The second-order valence-electron chi connectivity index (χ2n) is 14.2. The van der Waals surface area contributed by atoms with E-state index in [0.717, 1.165) is 85.8 Å². The number of benzene rings is 6. The third-order valence-corrected chi connectivity index (χ3v) is 11.4. The Morgan fingerprint density at radius 1 is 0.407 bits per heavy atom. The van der Waals surface area contributed by atoms with Crippen molar-refractivity contribution in [1.29, 1.82) is 0 Å². The van der Waals surface area contributed by atoms with Crippen molar-refractivity contribution in [3.8, 4) is 34.4 Å². The van der Waals surface area contributed by atoms with Crippen molar-refractivity contribution < 1.29 is 9.47 Å². The molecule has 254 valence electrons. The highest BCUT2D eigenvalue weighted by atomic mass is 16.5. The lowest BCUT2D eigenvalue weighted by Crippen LogP contribution is -2.33. The number of pyridine rings is 2. The normalized spacial score (nSPS) is 14.6. The second kappa shape index (κ2) is 10.9. The third kappa shape index (κ3) is 3.89. The van der Waals surface area contributed by atoms with Crippen LogP contribution < -0.4 is 19.3 Å². The summed E-state index contributed by atoms with van der Waals surface area (Å²) in [7, 11) is 0. The van der Waals surface area contributed by atoms with Gasteiger partial charge in [-0.3, -0.25) is 9.97 Å². The number of hydrogen-bond acceptors (Lipinski definition) is 6. The topological polar surface area (TPSA) is 50.7 Å². The van der Waals surface area contributed by atoms with Gasteiger partial charge in [0.15, 0.2) is 11.5 Å². The van der Waals surface area contributed by atoms with Crippen LogP contribution in [0, 0.1) is 0 Å². The molecule has 0 radical (unpaired) electrons. The highest BCUT2D eigenvalue weighted by molar-refractivity contribution is 5.91. The van der Waals surface area contributed by atoms with E-state index in [0.29, 0.717) is 0 Å². The van der Waals surface area contributed by atoms with Gasteiger partial charge in [-0.05, 0) is 107 Å². The molecule has 2 aromatic heterocycles. The minimum atomic E-state index is -0.776. The van der Waals surface area contributed by atoms with Gasteiger partial charge < -0.3 is 19.3 Å². The Morgan fingerprint density at radius 2 is 0.852 bits per heavy atom. The fraction of sp³-hybridized carbons (Fsp3) is 0.0417. The first kappa shape index (κ1) is 29.4. The molecule has 6 aromatic carbocycles. The summed E-state index contributed by atoms with van der Waals surface area (Å²) in [4.78, 5) is 14.7. The van der Waals surface area contributed by atoms with Crippen LogP contribution in [0.4, 0.5) is 34.1 Å². The summed E-state index contributed by atoms with van der Waals surface area (Å²) in [5, 5.41) is 0. The molecule has 0 amide bonds. The highest BCUT2D eigenvalue weighted by Crippen LogP contribution is 2.63. The summed E-state index contributed by atoms with van der Waals surface area (Å²) in [6, 6.07) is 55.6. The van der Waals surface area contributed by atoms with Crippen LogP contribution in [0.1, 0.15) is 33.4 Å². The van der Waals surface area contributed by atoms with E-state index in [2.05, 4.69) is 131 Å². The van der Waals surface area contributed by atoms with Crippen LogP contribution in [0.3, 0.4) is 0 Å². The smallest absolute Gasteiger partial charge is 0.151 e. The third-order valence-electron chi connectivity index (χ3n) is 11.4. The zero-order chi connectivity index (χ0) is 35.4. The van der Waals surface area contributed by atoms with Crippen LogP contribution in [0.15, 0.2) is 170 Å². The quantitative estimate of drug-likeness (QED) is 0.180. The molecule has 0 saturated carbocycles. The molecule has 3 aliphatic heterocycles. The summed E-state index contributed by atoms with van der Waals surface area (Å²) in [5.41, 5.74) is 14.2. The Bertz CT molecular complexity index is 2580. The minimum absolute atomic E-state index is 0.776. The van der Waals surface area contributed by atoms with Crippen molar-refractivity contribution in [2.24, 2.45) is 0 Å². The molecule has 1 spiro atoms. The van der Waals surface area contributed by atoms with Gasteiger partial charge in [0.05, 0.1) is 28.2 Å². The standard InChI is InChI=1S/C48H30N4O2/c1-3-15-38-30(11-1)27-31-12-2-4-16-39(31)51(38)32-21-23-42-36(28-32)48(34-13-9-25-49-46(34)47-35(48)14-10-26-50-47)37-29-33(22-24-43(37)53-42)52-40-17-5-7-19-44(40)54-45-20-8-6-18-41(45)52/h1-26,28-29H,27H2. The number of ether oxygens (including phenoxy) is 2. The monoisotopic (exact) mass is 694 g/mol. The summed E-state index contributed by atoms with van der Waals surface area (Å²) < 4.78 is 13.4. The maximum atomic E-state index is 6.95. The van der Waals surface area contributed by atoms with Crippen LogP contribution in [0.25, 0.3) is 11.4 Å². The van der Waals surface area contributed by atoms with E-state index in [4.69, 9.17) is 19.4 Å². The molecular weight excluding hydrogens is 665 g/mol. The molecule has 0 fully saturated rings. The summed E-state index contributed by atoms with van der Waals surface area (Å²) >= 11 is 0. The van der Waals surface area contributed by atoms with Gasteiger partial charge in [-0.1, -0.05) is 72.8 Å². The van der Waals surface area contributed by atoms with Crippen LogP contribution in [-0.2, 0) is 11.8 Å². The Hall–Kier alpha value is -7.18. The molecular formula is C48H30N4O2. The first-order valence-corrected chi connectivity index (χ1v) is 18.3. The first-order chi connectivity index (χ1) is 26.8. The van der Waals surface area contributed by atoms with Crippen molar-refractivity contribution in [3.63, 3.8) is 0 Å². The van der Waals surface area contributed by atoms with Gasteiger partial charge in [0, 0.05) is 52.7 Å². The van der Waals surface area contributed by atoms with Gasteiger partial charge >= 0.3 is 0 Å². The lowest BCUT2D eigenvalue weighted by molar-refractivity contribution is 0.436. The van der Waals surface area contributed by atoms with Crippen molar-refractivity contribution in [2.75, 3.05) is 9.80 Å². The molecule has 12 rings (SSSR count). The number of aromatic nitrogens is 2. The molecule has 0 bridgehead atoms. The molecule has 6 nitrogen and oxygen atoms in total. The molecule has 0 unspecified atom stereocenters. The summed E-state index contributed by atoms with van der Waals surface area (Å²) in [5.74, 6) is 3.23. The van der Waals surface area contributed by atoms with Gasteiger partial charge in [0.2, 0.25) is 0 Å². The molecule has 0 N–H and O–H groups in total. The van der Waals surface area contributed by atoms with E-state index in [1.54, 1.807) is 0 Å². The average Bonchev–Trinajstić information content (AvgIpc) is 3.52. The fourth-order valence-corrected chi connectivity index (χ4v) is 9.21. The Kier molecular flexibility index (Phi) is 5.94. The number of nitrogens with zero attached hydrogens (tertiary/aromatic N) is 4. The van der Waals surface area contributed by atoms with Crippen molar-refractivity contribution in [1.82, 2.24) is 9.97 Å². The molecule has 4 aliphatic rings. The van der Waals surface area contributed by atoms with Crippen LogP contribution in [-0.4, -0.2) is 9.97 Å². The van der Waals surface area contributed by atoms with E-state index in [1.807, 2.05) is 48.8 Å². The SMILES string of the molecule is c1ccc2c(c1)Cc1ccccc1N2c1ccc2c(c1)C1(c3cc(N4c5ccccc5Oc5ccccc54)ccc3O2)c2cccnc2-c2ncccc21. The van der Waals surface area contributed by atoms with Gasteiger partial charge in [-0.2, -0.15) is 0 Å². The number of fused-ring (bicyclic) bond motifs is 13. The summed E-state index contributed by atoms with van der Waals surface area (Å²) in [6.07, 6.45) is 4.63. The maximum absolute atomic E-state index is 6.95. The van der Waals surface area contributed by atoms with Gasteiger partial charge in [-0.25, -0.2) is 0 Å². The largest absolute Gasteiger partial charge is 0.457 e. The molecule has 5 heterocycles. The van der Waals surface area contributed by atoms with Crippen molar-refractivity contribution in [3.05, 3.63) is 203 Å².